The molecule has 0 saturated heterocycles. The summed E-state index contributed by atoms with van der Waals surface area (Å²) in [5.74, 6) is -0.379. The SMILES string of the molecule is CC(C)c1cccc(C(C)C)c1CN(Cc1ccccc1)[C@@H](C)[C@H](OC(=O)[C@H](C)[C@H](O)c1ccccc1)c1ccccc1. The molecule has 0 saturated carbocycles. The number of nitrogens with zero attached hydrogens (tertiary/aromatic N) is 1. The highest BCUT2D eigenvalue weighted by atomic mass is 16.5. The van der Waals surface area contributed by atoms with Gasteiger partial charge in [0.1, 0.15) is 6.10 Å². The molecule has 0 fully saturated rings. The molecule has 4 rings (SSSR count). The topological polar surface area (TPSA) is 49.8 Å². The summed E-state index contributed by atoms with van der Waals surface area (Å²) in [5, 5.41) is 11.0. The van der Waals surface area contributed by atoms with Crippen LogP contribution in [0.3, 0.4) is 0 Å². The molecule has 4 atom stereocenters. The minimum absolute atomic E-state index is 0.159. The summed E-state index contributed by atoms with van der Waals surface area (Å²) in [5.41, 5.74) is 6.89. The molecule has 0 heterocycles. The molecular formula is C39H47NO3. The van der Waals surface area contributed by atoms with Gasteiger partial charge in [0.25, 0.3) is 0 Å². The smallest absolute Gasteiger partial charge is 0.312 e. The monoisotopic (exact) mass is 577 g/mol. The molecule has 0 aliphatic heterocycles. The van der Waals surface area contributed by atoms with Crippen molar-refractivity contribution in [1.82, 2.24) is 4.90 Å². The van der Waals surface area contributed by atoms with Crippen LogP contribution in [0.4, 0.5) is 0 Å². The average molecular weight is 578 g/mol. The number of aliphatic hydroxyl groups is 1. The zero-order valence-corrected chi connectivity index (χ0v) is 26.5. The van der Waals surface area contributed by atoms with Gasteiger partial charge >= 0.3 is 5.97 Å². The highest BCUT2D eigenvalue weighted by molar-refractivity contribution is 5.73. The van der Waals surface area contributed by atoms with Crippen molar-refractivity contribution < 1.29 is 14.6 Å². The van der Waals surface area contributed by atoms with E-state index in [1.165, 1.54) is 22.3 Å². The van der Waals surface area contributed by atoms with Crippen molar-refractivity contribution in [2.75, 3.05) is 0 Å². The normalized spacial score (nSPS) is 14.5. The van der Waals surface area contributed by atoms with Gasteiger partial charge in [0.2, 0.25) is 0 Å². The van der Waals surface area contributed by atoms with Crippen molar-refractivity contribution in [3.05, 3.63) is 143 Å². The number of ether oxygens (including phenoxy) is 1. The van der Waals surface area contributed by atoms with E-state index in [1.807, 2.05) is 66.7 Å². The molecule has 0 aliphatic rings. The fourth-order valence-corrected chi connectivity index (χ4v) is 5.83. The molecule has 0 unspecified atom stereocenters. The van der Waals surface area contributed by atoms with Crippen LogP contribution in [-0.2, 0) is 22.6 Å². The third kappa shape index (κ3) is 8.22. The maximum atomic E-state index is 13.7. The largest absolute Gasteiger partial charge is 0.456 e. The number of esters is 1. The van der Waals surface area contributed by atoms with Crippen LogP contribution >= 0.6 is 0 Å². The standard InChI is InChI=1S/C39H47NO3/c1-27(2)34-23-16-24-35(28(3)4)36(34)26-40(25-31-17-10-7-11-18-31)30(6)38(33-21-14-9-15-22-33)43-39(42)29(5)37(41)32-19-12-8-13-20-32/h7-24,27-30,37-38,41H,25-26H2,1-6H3/t29-,30+,37+,38+/m1/s1. The summed E-state index contributed by atoms with van der Waals surface area (Å²) in [7, 11) is 0. The van der Waals surface area contributed by atoms with E-state index in [1.54, 1.807) is 6.92 Å². The molecule has 4 aromatic rings. The zero-order valence-electron chi connectivity index (χ0n) is 26.5. The van der Waals surface area contributed by atoms with Gasteiger partial charge in [-0.25, -0.2) is 0 Å². The Morgan fingerprint density at radius 2 is 1.14 bits per heavy atom. The van der Waals surface area contributed by atoms with E-state index in [0.717, 1.165) is 12.1 Å². The summed E-state index contributed by atoms with van der Waals surface area (Å²) in [6.45, 7) is 14.3. The molecule has 4 aromatic carbocycles. The number of carbonyl (C=O) groups is 1. The van der Waals surface area contributed by atoms with Crippen LogP contribution in [0.25, 0.3) is 0 Å². The Morgan fingerprint density at radius 3 is 1.65 bits per heavy atom. The quantitative estimate of drug-likeness (QED) is 0.161. The molecule has 0 bridgehead atoms. The van der Waals surface area contributed by atoms with Gasteiger partial charge in [0.15, 0.2) is 0 Å². The number of aliphatic hydroxyl groups excluding tert-OH is 1. The highest BCUT2D eigenvalue weighted by Gasteiger charge is 2.33. The van der Waals surface area contributed by atoms with Gasteiger partial charge in [0, 0.05) is 19.1 Å². The van der Waals surface area contributed by atoms with E-state index in [4.69, 9.17) is 4.74 Å². The number of benzene rings is 4. The second kappa shape index (κ2) is 15.1. The fourth-order valence-electron chi connectivity index (χ4n) is 5.83. The number of rotatable bonds is 13. The fraction of sp³-hybridized carbons (Fsp3) is 0.359. The lowest BCUT2D eigenvalue weighted by molar-refractivity contribution is -0.161. The van der Waals surface area contributed by atoms with Crippen molar-refractivity contribution in [2.45, 2.75) is 84.7 Å². The average Bonchev–Trinajstić information content (AvgIpc) is 3.03. The Kier molecular flexibility index (Phi) is 11.3. The summed E-state index contributed by atoms with van der Waals surface area (Å²) in [6.07, 6.45) is -1.48. The van der Waals surface area contributed by atoms with Gasteiger partial charge < -0.3 is 9.84 Å². The first-order chi connectivity index (χ1) is 20.7. The van der Waals surface area contributed by atoms with E-state index in [9.17, 15) is 9.90 Å². The Balaban J connectivity index is 1.72. The second-order valence-electron chi connectivity index (χ2n) is 12.3. The van der Waals surface area contributed by atoms with Crippen molar-refractivity contribution in [3.63, 3.8) is 0 Å². The first kappa shape index (κ1) is 32.2. The molecule has 1 N–H and O–H groups in total. The maximum Gasteiger partial charge on any atom is 0.312 e. The van der Waals surface area contributed by atoms with E-state index < -0.39 is 24.1 Å². The molecule has 0 spiro atoms. The lowest BCUT2D eigenvalue weighted by Gasteiger charge is -2.37. The molecule has 226 valence electrons. The molecule has 0 radical (unpaired) electrons. The summed E-state index contributed by atoms with van der Waals surface area (Å²) in [6, 6.07) is 36.3. The molecular weight excluding hydrogens is 530 g/mol. The number of hydrogen-bond acceptors (Lipinski definition) is 4. The summed E-state index contributed by atoms with van der Waals surface area (Å²) >= 11 is 0. The number of hydrogen-bond donors (Lipinski definition) is 1. The molecule has 0 aliphatic carbocycles. The van der Waals surface area contributed by atoms with Gasteiger partial charge in [0.05, 0.1) is 12.0 Å². The summed E-state index contributed by atoms with van der Waals surface area (Å²) < 4.78 is 6.37. The first-order valence-electron chi connectivity index (χ1n) is 15.6. The van der Waals surface area contributed by atoms with Gasteiger partial charge in [-0.05, 0) is 59.1 Å². The molecule has 43 heavy (non-hydrogen) atoms. The Hall–Kier alpha value is -3.73. The van der Waals surface area contributed by atoms with Crippen LogP contribution in [0.2, 0.25) is 0 Å². The van der Waals surface area contributed by atoms with Crippen molar-refractivity contribution in [2.24, 2.45) is 5.92 Å². The maximum absolute atomic E-state index is 13.7. The van der Waals surface area contributed by atoms with Crippen molar-refractivity contribution in [3.8, 4) is 0 Å². The molecule has 4 heteroatoms. The van der Waals surface area contributed by atoms with Crippen LogP contribution < -0.4 is 0 Å². The first-order valence-corrected chi connectivity index (χ1v) is 15.6. The van der Waals surface area contributed by atoms with Crippen LogP contribution in [0.5, 0.6) is 0 Å². The van der Waals surface area contributed by atoms with Gasteiger partial charge in [-0.15, -0.1) is 0 Å². The third-order valence-electron chi connectivity index (χ3n) is 8.45. The lowest BCUT2D eigenvalue weighted by Crippen LogP contribution is -2.40. The van der Waals surface area contributed by atoms with Gasteiger partial charge in [-0.1, -0.05) is 137 Å². The minimum Gasteiger partial charge on any atom is -0.456 e. The van der Waals surface area contributed by atoms with E-state index in [0.29, 0.717) is 23.9 Å². The lowest BCUT2D eigenvalue weighted by atomic mass is 9.88. The van der Waals surface area contributed by atoms with Crippen LogP contribution in [0.1, 0.15) is 99.0 Å². The Bertz CT molecular complexity index is 1390. The Morgan fingerprint density at radius 1 is 0.651 bits per heavy atom. The molecule has 0 aromatic heterocycles. The third-order valence-corrected chi connectivity index (χ3v) is 8.45. The zero-order chi connectivity index (χ0) is 30.9. The van der Waals surface area contributed by atoms with Gasteiger partial charge in [-0.2, -0.15) is 0 Å². The predicted molar refractivity (Wildman–Crippen MR) is 176 cm³/mol. The number of carbonyl (C=O) groups excluding carboxylic acids is 1. The predicted octanol–water partition coefficient (Wildman–Crippen LogP) is 8.98. The molecule has 0 amide bonds. The van der Waals surface area contributed by atoms with Crippen molar-refractivity contribution in [1.29, 1.82) is 0 Å². The van der Waals surface area contributed by atoms with Crippen LogP contribution in [-0.4, -0.2) is 22.0 Å². The second-order valence-corrected chi connectivity index (χ2v) is 12.3. The van der Waals surface area contributed by atoms with Crippen LogP contribution in [0.15, 0.2) is 109 Å². The highest BCUT2D eigenvalue weighted by Crippen LogP contribution is 2.34. The van der Waals surface area contributed by atoms with E-state index in [-0.39, 0.29) is 6.04 Å². The van der Waals surface area contributed by atoms with Crippen molar-refractivity contribution >= 4 is 5.97 Å². The molecule has 4 nitrogen and oxygen atoms in total. The van der Waals surface area contributed by atoms with Crippen LogP contribution in [0, 0.1) is 5.92 Å². The minimum atomic E-state index is -0.952. The summed E-state index contributed by atoms with van der Waals surface area (Å²) in [4.78, 5) is 16.1. The van der Waals surface area contributed by atoms with Gasteiger partial charge in [-0.3, -0.25) is 9.69 Å². The van der Waals surface area contributed by atoms with E-state index in [2.05, 4.69) is 82.0 Å². The Labute approximate surface area is 258 Å². The van der Waals surface area contributed by atoms with E-state index >= 15 is 0 Å².